The van der Waals surface area contributed by atoms with Gasteiger partial charge < -0.3 is 38.1 Å². The molecule has 0 saturated heterocycles. The van der Waals surface area contributed by atoms with Gasteiger partial charge in [0, 0.05) is 39.0 Å². The predicted molar refractivity (Wildman–Crippen MR) is 266 cm³/mol. The fourth-order valence-electron chi connectivity index (χ4n) is 7.43. The minimum Gasteiger partial charge on any atom is -0.465 e. The van der Waals surface area contributed by atoms with Gasteiger partial charge in [-0.1, -0.05) is 175 Å². The van der Waals surface area contributed by atoms with Crippen molar-refractivity contribution < 1.29 is 52.3 Å². The van der Waals surface area contributed by atoms with Crippen molar-refractivity contribution >= 4 is 24.1 Å². The quantitative estimate of drug-likeness (QED) is 0.0189. The van der Waals surface area contributed by atoms with Crippen LogP contribution in [-0.2, 0) is 47.5 Å². The summed E-state index contributed by atoms with van der Waals surface area (Å²) in [5, 5.41) is 0. The van der Waals surface area contributed by atoms with Crippen molar-refractivity contribution in [2.24, 2.45) is 5.92 Å². The van der Waals surface area contributed by atoms with Gasteiger partial charge in [-0.2, -0.15) is 0 Å². The second-order valence-electron chi connectivity index (χ2n) is 18.0. The van der Waals surface area contributed by atoms with Crippen molar-refractivity contribution in [3.05, 3.63) is 12.2 Å². The SMILES string of the molecule is CCCCCC/C=C\COC(=O)CCCCCCCCCCCC(=O)OCC(COC(=O)CCC(OCCCCCCCC)OCCCCCCCC)COC(=O)OCCCN(CC)CC. The lowest BCUT2D eigenvalue weighted by Crippen LogP contribution is -2.28. The Kier molecular flexibility index (Phi) is 48.1. The van der Waals surface area contributed by atoms with Crippen molar-refractivity contribution in [1.82, 2.24) is 4.90 Å². The molecule has 0 rings (SSSR count). The highest BCUT2D eigenvalue weighted by atomic mass is 16.7. The van der Waals surface area contributed by atoms with E-state index in [-0.39, 0.29) is 44.8 Å². The topological polar surface area (TPSA) is 136 Å². The molecule has 1 unspecified atom stereocenters. The van der Waals surface area contributed by atoms with Crippen molar-refractivity contribution in [3.63, 3.8) is 0 Å². The summed E-state index contributed by atoms with van der Waals surface area (Å²) in [5.41, 5.74) is 0. The third-order valence-corrected chi connectivity index (χ3v) is 11.8. The minimum atomic E-state index is -0.794. The normalized spacial score (nSPS) is 12.0. The van der Waals surface area contributed by atoms with Crippen LogP contribution in [0.15, 0.2) is 12.2 Å². The summed E-state index contributed by atoms with van der Waals surface area (Å²) in [5.74, 6) is -1.39. The van der Waals surface area contributed by atoms with E-state index in [1.54, 1.807) is 0 Å². The van der Waals surface area contributed by atoms with Crippen LogP contribution in [0, 0.1) is 5.92 Å². The fourth-order valence-corrected chi connectivity index (χ4v) is 7.43. The van der Waals surface area contributed by atoms with Crippen molar-refractivity contribution in [2.45, 2.75) is 240 Å². The molecule has 12 nitrogen and oxygen atoms in total. The van der Waals surface area contributed by atoms with E-state index in [4.69, 9.17) is 33.2 Å². The van der Waals surface area contributed by atoms with Crippen LogP contribution in [0.1, 0.15) is 234 Å². The third-order valence-electron chi connectivity index (χ3n) is 11.8. The van der Waals surface area contributed by atoms with E-state index in [2.05, 4.69) is 45.6 Å². The summed E-state index contributed by atoms with van der Waals surface area (Å²) in [7, 11) is 0. The summed E-state index contributed by atoms with van der Waals surface area (Å²) < 4.78 is 39.4. The largest absolute Gasteiger partial charge is 0.508 e. The molecule has 0 aromatic rings. The zero-order chi connectivity index (χ0) is 48.4. The monoisotopic (exact) mass is 940 g/mol. The molecule has 0 amide bonds. The third kappa shape index (κ3) is 45.1. The van der Waals surface area contributed by atoms with Crippen LogP contribution >= 0.6 is 0 Å². The van der Waals surface area contributed by atoms with E-state index >= 15 is 0 Å². The molecule has 0 aromatic carbocycles. The van der Waals surface area contributed by atoms with E-state index in [0.717, 1.165) is 110 Å². The summed E-state index contributed by atoms with van der Waals surface area (Å²) in [6.45, 7) is 15.1. The molecule has 0 saturated carbocycles. The first-order valence-corrected chi connectivity index (χ1v) is 27.2. The highest BCUT2D eigenvalue weighted by Crippen LogP contribution is 2.15. The van der Waals surface area contributed by atoms with Gasteiger partial charge in [0.15, 0.2) is 6.29 Å². The maximum atomic E-state index is 13.0. The first-order chi connectivity index (χ1) is 32.3. The fraction of sp³-hybridized carbons (Fsp3) is 0.889. The lowest BCUT2D eigenvalue weighted by Gasteiger charge is -2.20. The first kappa shape index (κ1) is 63.3. The number of unbranched alkanes of at least 4 members (excludes halogenated alkanes) is 22. The van der Waals surface area contributed by atoms with E-state index in [9.17, 15) is 19.2 Å². The van der Waals surface area contributed by atoms with Gasteiger partial charge in [0.25, 0.3) is 0 Å². The van der Waals surface area contributed by atoms with Gasteiger partial charge in [-0.05, 0) is 58.0 Å². The average Bonchev–Trinajstić information content (AvgIpc) is 3.32. The van der Waals surface area contributed by atoms with E-state index in [1.807, 2.05) is 6.08 Å². The van der Waals surface area contributed by atoms with Gasteiger partial charge in [-0.25, -0.2) is 4.79 Å². The predicted octanol–water partition coefficient (Wildman–Crippen LogP) is 13.8. The van der Waals surface area contributed by atoms with Gasteiger partial charge in [-0.3, -0.25) is 14.4 Å². The van der Waals surface area contributed by atoms with Crippen molar-refractivity contribution in [1.29, 1.82) is 0 Å². The van der Waals surface area contributed by atoms with E-state index in [1.165, 1.54) is 77.0 Å². The zero-order valence-corrected chi connectivity index (χ0v) is 43.2. The summed E-state index contributed by atoms with van der Waals surface area (Å²) in [6, 6.07) is 0. The number of ether oxygens (including phenoxy) is 7. The molecular formula is C54H101NO11. The highest BCUT2D eigenvalue weighted by Gasteiger charge is 2.20. The molecule has 1 atom stereocenters. The number of nitrogens with zero attached hydrogens (tertiary/aromatic N) is 1. The number of carbonyl (C=O) groups excluding carboxylic acids is 4. The number of esters is 3. The second kappa shape index (κ2) is 50.2. The van der Waals surface area contributed by atoms with Gasteiger partial charge in [-0.15, -0.1) is 0 Å². The number of allylic oxidation sites excluding steroid dienone is 1. The van der Waals surface area contributed by atoms with Crippen LogP contribution in [0.2, 0.25) is 0 Å². The Morgan fingerprint density at radius 2 is 0.864 bits per heavy atom. The molecule has 0 heterocycles. The van der Waals surface area contributed by atoms with E-state index < -0.39 is 24.3 Å². The molecule has 12 heteroatoms. The molecule has 388 valence electrons. The Morgan fingerprint density at radius 1 is 0.424 bits per heavy atom. The van der Waals surface area contributed by atoms with E-state index in [0.29, 0.717) is 45.5 Å². The lowest BCUT2D eigenvalue weighted by atomic mass is 10.1. The Labute approximate surface area is 404 Å². The van der Waals surface area contributed by atoms with Crippen LogP contribution in [0.3, 0.4) is 0 Å². The summed E-state index contributed by atoms with van der Waals surface area (Å²) >= 11 is 0. The Hall–Kier alpha value is -2.70. The van der Waals surface area contributed by atoms with Gasteiger partial charge in [0.1, 0.15) is 26.4 Å². The molecular weight excluding hydrogens is 839 g/mol. The lowest BCUT2D eigenvalue weighted by molar-refractivity contribution is -0.161. The maximum Gasteiger partial charge on any atom is 0.508 e. The number of hydrogen-bond donors (Lipinski definition) is 0. The summed E-state index contributed by atoms with van der Waals surface area (Å²) in [4.78, 5) is 52.3. The molecule has 0 N–H and O–H groups in total. The average molecular weight is 940 g/mol. The zero-order valence-electron chi connectivity index (χ0n) is 43.2. The van der Waals surface area contributed by atoms with Crippen LogP contribution in [0.5, 0.6) is 0 Å². The number of hydrogen-bond acceptors (Lipinski definition) is 12. The Balaban J connectivity index is 4.70. The van der Waals surface area contributed by atoms with Crippen molar-refractivity contribution in [2.75, 3.05) is 65.9 Å². The van der Waals surface area contributed by atoms with Gasteiger partial charge in [0.2, 0.25) is 0 Å². The minimum absolute atomic E-state index is 0.0410. The van der Waals surface area contributed by atoms with Crippen LogP contribution in [0.4, 0.5) is 4.79 Å². The molecule has 0 aliphatic carbocycles. The van der Waals surface area contributed by atoms with Crippen LogP contribution in [0.25, 0.3) is 0 Å². The van der Waals surface area contributed by atoms with Crippen molar-refractivity contribution in [3.8, 4) is 0 Å². The standard InChI is InChI=1S/C54H101NO11/c1-6-11-14-17-25-30-33-42-60-50(56)37-31-26-23-21-20-22-24-27-32-38-51(57)64-46-49(48-66-54(59)63-45-36-41-55(9-4)10-5)47-65-52(58)39-40-53(61-43-34-28-18-15-12-7-2)62-44-35-29-19-16-13-8-3/h30,33,49,53H,6-29,31-32,34-48H2,1-5H3/b33-30-. The maximum absolute atomic E-state index is 13.0. The highest BCUT2D eigenvalue weighted by molar-refractivity contribution is 5.70. The number of carbonyl (C=O) groups is 4. The molecule has 0 spiro atoms. The molecule has 0 aromatic heterocycles. The van der Waals surface area contributed by atoms with Crippen LogP contribution < -0.4 is 0 Å². The van der Waals surface area contributed by atoms with Gasteiger partial charge >= 0.3 is 24.1 Å². The number of rotatable bonds is 50. The summed E-state index contributed by atoms with van der Waals surface area (Å²) in [6.07, 6.45) is 33.9. The second-order valence-corrected chi connectivity index (χ2v) is 18.0. The van der Waals surface area contributed by atoms with Gasteiger partial charge in [0.05, 0.1) is 18.9 Å². The van der Waals surface area contributed by atoms with Crippen LogP contribution in [-0.4, -0.2) is 101 Å². The smallest absolute Gasteiger partial charge is 0.465 e. The Bertz CT molecular complexity index is 1110. The molecule has 0 fully saturated rings. The molecule has 0 aliphatic heterocycles. The molecule has 66 heavy (non-hydrogen) atoms. The Morgan fingerprint density at radius 3 is 1.38 bits per heavy atom. The molecule has 0 aliphatic rings. The molecule has 0 radical (unpaired) electrons. The first-order valence-electron chi connectivity index (χ1n) is 27.2. The molecule has 0 bridgehead atoms.